The van der Waals surface area contributed by atoms with Gasteiger partial charge in [-0.1, -0.05) is 35.9 Å². The van der Waals surface area contributed by atoms with Crippen molar-refractivity contribution < 1.29 is 15.0 Å². The largest absolute Gasteiger partial charge is 0.395 e. The first-order valence-electron chi connectivity index (χ1n) is 11.0. The van der Waals surface area contributed by atoms with E-state index in [0.29, 0.717) is 17.4 Å². The molecule has 35 heavy (non-hydrogen) atoms. The van der Waals surface area contributed by atoms with Gasteiger partial charge in [-0.25, -0.2) is 5.01 Å². The highest BCUT2D eigenvalue weighted by atomic mass is 35.5. The number of nitrogens with one attached hydrogen (secondary N) is 3. The lowest BCUT2D eigenvalue weighted by molar-refractivity contribution is -0.119. The number of rotatable bonds is 11. The molecule has 11 nitrogen and oxygen atoms in total. The minimum absolute atomic E-state index is 0.0698. The third kappa shape index (κ3) is 6.21. The summed E-state index contributed by atoms with van der Waals surface area (Å²) in [6.07, 6.45) is 1.31. The Morgan fingerprint density at radius 2 is 1.51 bits per heavy atom. The van der Waals surface area contributed by atoms with Crippen LogP contribution in [0.2, 0.25) is 5.02 Å². The van der Waals surface area contributed by atoms with Crippen molar-refractivity contribution in [1.82, 2.24) is 20.0 Å². The van der Waals surface area contributed by atoms with E-state index in [1.54, 1.807) is 12.1 Å². The Hall–Kier alpha value is -3.80. The topological polar surface area (TPSA) is 148 Å². The highest BCUT2D eigenvalue weighted by Crippen LogP contribution is 2.32. The summed E-state index contributed by atoms with van der Waals surface area (Å²) in [7, 11) is 0. The number of aliphatic hydroxyl groups excluding tert-OH is 2. The van der Waals surface area contributed by atoms with E-state index in [1.807, 2.05) is 36.4 Å². The number of nitrogens with zero attached hydrogens (tertiary/aromatic N) is 5. The maximum absolute atomic E-state index is 11.6. The normalized spacial score (nSPS) is 15.0. The predicted molar refractivity (Wildman–Crippen MR) is 134 cm³/mol. The number of carbonyl (C=O) groups excluding carboxylic acids is 1. The summed E-state index contributed by atoms with van der Waals surface area (Å²) in [5, 5.41) is 33.6. The third-order valence-corrected chi connectivity index (χ3v) is 5.46. The summed E-state index contributed by atoms with van der Waals surface area (Å²) >= 11 is 5.99. The number of aliphatic hydroxyl groups is 2. The molecule has 0 saturated carbocycles. The predicted octanol–water partition coefficient (Wildman–Crippen LogP) is 2.38. The molecule has 4 rings (SSSR count). The minimum Gasteiger partial charge on any atom is -0.395 e. The van der Waals surface area contributed by atoms with Crippen LogP contribution in [0.25, 0.3) is 0 Å². The monoisotopic (exact) mass is 496 g/mol. The maximum Gasteiger partial charge on any atom is 0.233 e. The molecule has 1 aliphatic rings. The van der Waals surface area contributed by atoms with Crippen LogP contribution < -0.4 is 16.0 Å². The Balaban J connectivity index is 1.48. The van der Waals surface area contributed by atoms with Crippen molar-refractivity contribution in [3.8, 4) is 0 Å². The lowest BCUT2D eigenvalue weighted by Gasteiger charge is -2.17. The third-order valence-electron chi connectivity index (χ3n) is 5.20. The Morgan fingerprint density at radius 3 is 2.09 bits per heavy atom. The van der Waals surface area contributed by atoms with E-state index in [0.717, 1.165) is 28.9 Å². The van der Waals surface area contributed by atoms with Crippen molar-refractivity contribution in [2.45, 2.75) is 12.5 Å². The molecule has 2 aromatic carbocycles. The van der Waals surface area contributed by atoms with Gasteiger partial charge in [0.25, 0.3) is 0 Å². The van der Waals surface area contributed by atoms with E-state index in [4.69, 9.17) is 21.8 Å². The van der Waals surface area contributed by atoms with Gasteiger partial charge in [0.05, 0.1) is 25.0 Å². The quantitative estimate of drug-likeness (QED) is 0.252. The van der Waals surface area contributed by atoms with Gasteiger partial charge in [0.15, 0.2) is 0 Å². The summed E-state index contributed by atoms with van der Waals surface area (Å²) in [6.45, 7) is 0.433. The SMILES string of the molecule is O=CN1N=C(c2ccc(Nc3nc(NCCO)nc(NCCO)n3)cc2)CC1c1ccc(Cl)cc1. The smallest absolute Gasteiger partial charge is 0.233 e. The van der Waals surface area contributed by atoms with E-state index in [2.05, 4.69) is 36.0 Å². The number of carbonyl (C=O) groups is 1. The van der Waals surface area contributed by atoms with Gasteiger partial charge >= 0.3 is 0 Å². The number of hydrogen-bond donors (Lipinski definition) is 5. The molecule has 0 aliphatic carbocycles. The molecule has 182 valence electrons. The molecule has 1 atom stereocenters. The molecule has 12 heteroatoms. The Bertz CT molecular complexity index is 1150. The van der Waals surface area contributed by atoms with E-state index in [9.17, 15) is 4.79 Å². The average Bonchev–Trinajstić information content (AvgIpc) is 3.31. The summed E-state index contributed by atoms with van der Waals surface area (Å²) in [4.78, 5) is 24.4. The fourth-order valence-electron chi connectivity index (χ4n) is 3.56. The van der Waals surface area contributed by atoms with Crippen molar-refractivity contribution in [3.63, 3.8) is 0 Å². The van der Waals surface area contributed by atoms with Crippen LogP contribution in [0.3, 0.4) is 0 Å². The van der Waals surface area contributed by atoms with Gasteiger partial charge in [-0.2, -0.15) is 20.1 Å². The first-order valence-corrected chi connectivity index (χ1v) is 11.4. The fraction of sp³-hybridized carbons (Fsp3) is 0.261. The molecule has 1 unspecified atom stereocenters. The summed E-state index contributed by atoms with van der Waals surface area (Å²) in [6, 6.07) is 14.8. The molecule has 0 bridgehead atoms. The van der Waals surface area contributed by atoms with E-state index < -0.39 is 0 Å². The van der Waals surface area contributed by atoms with Crippen LogP contribution in [0.4, 0.5) is 23.5 Å². The molecule has 0 radical (unpaired) electrons. The highest BCUT2D eigenvalue weighted by molar-refractivity contribution is 6.30. The second-order valence-electron chi connectivity index (χ2n) is 7.61. The van der Waals surface area contributed by atoms with Gasteiger partial charge < -0.3 is 26.2 Å². The Kier molecular flexibility index (Phi) is 8.03. The molecule has 0 fully saturated rings. The molecular weight excluding hydrogens is 472 g/mol. The van der Waals surface area contributed by atoms with Gasteiger partial charge in [0.1, 0.15) is 0 Å². The Labute approximate surface area is 206 Å². The van der Waals surface area contributed by atoms with Crippen LogP contribution in [0.5, 0.6) is 0 Å². The first kappa shape index (κ1) is 24.3. The molecule has 1 aliphatic heterocycles. The standard InChI is InChI=1S/C23H25ClN8O3/c24-17-5-1-16(2-6-17)20-13-19(31-32(20)14-35)15-3-7-18(8-4-15)27-23-29-21(25-9-11-33)28-22(30-23)26-10-12-34/h1-8,14,20,33-34H,9-13H2,(H3,25,26,27,28,29,30). The van der Waals surface area contributed by atoms with Crippen LogP contribution in [-0.4, -0.2) is 68.6 Å². The van der Waals surface area contributed by atoms with Gasteiger partial charge in [-0.05, 0) is 35.4 Å². The van der Waals surface area contributed by atoms with Crippen molar-refractivity contribution in [2.75, 3.05) is 42.3 Å². The van der Waals surface area contributed by atoms with Crippen LogP contribution in [-0.2, 0) is 4.79 Å². The van der Waals surface area contributed by atoms with E-state index in [-0.39, 0.29) is 44.2 Å². The minimum atomic E-state index is -0.183. The zero-order valence-electron chi connectivity index (χ0n) is 18.7. The lowest BCUT2D eigenvalue weighted by Crippen LogP contribution is -2.17. The van der Waals surface area contributed by atoms with Crippen molar-refractivity contribution in [3.05, 3.63) is 64.7 Å². The van der Waals surface area contributed by atoms with Crippen LogP contribution in [0, 0.1) is 0 Å². The number of amides is 1. The van der Waals surface area contributed by atoms with Gasteiger partial charge in [0.2, 0.25) is 24.3 Å². The molecular formula is C23H25ClN8O3. The van der Waals surface area contributed by atoms with Gasteiger partial charge in [0, 0.05) is 30.2 Å². The van der Waals surface area contributed by atoms with Crippen LogP contribution in [0.1, 0.15) is 23.6 Å². The molecule has 1 aromatic heterocycles. The molecule has 2 heterocycles. The number of hydrazone groups is 1. The number of halogens is 1. The molecule has 3 aromatic rings. The fourth-order valence-corrected chi connectivity index (χ4v) is 3.68. The average molecular weight is 497 g/mol. The molecule has 0 spiro atoms. The lowest BCUT2D eigenvalue weighted by atomic mass is 9.98. The van der Waals surface area contributed by atoms with Crippen LogP contribution in [0.15, 0.2) is 53.6 Å². The maximum atomic E-state index is 11.6. The molecule has 5 N–H and O–H groups in total. The zero-order chi connectivity index (χ0) is 24.6. The number of hydrogen-bond acceptors (Lipinski definition) is 10. The molecule has 0 saturated heterocycles. The molecule has 1 amide bonds. The number of benzene rings is 2. The summed E-state index contributed by atoms with van der Waals surface area (Å²) < 4.78 is 0. The van der Waals surface area contributed by atoms with E-state index >= 15 is 0 Å². The highest BCUT2D eigenvalue weighted by Gasteiger charge is 2.28. The van der Waals surface area contributed by atoms with Gasteiger partial charge in [-0.3, -0.25) is 4.79 Å². The van der Waals surface area contributed by atoms with E-state index in [1.165, 1.54) is 5.01 Å². The van der Waals surface area contributed by atoms with Crippen molar-refractivity contribution >= 4 is 47.3 Å². The Morgan fingerprint density at radius 1 is 0.914 bits per heavy atom. The summed E-state index contributed by atoms with van der Waals surface area (Å²) in [5.74, 6) is 0.869. The van der Waals surface area contributed by atoms with Crippen molar-refractivity contribution in [2.24, 2.45) is 5.10 Å². The number of aromatic nitrogens is 3. The van der Waals surface area contributed by atoms with Crippen molar-refractivity contribution in [1.29, 1.82) is 0 Å². The second kappa shape index (κ2) is 11.6. The zero-order valence-corrected chi connectivity index (χ0v) is 19.5. The van der Waals surface area contributed by atoms with Crippen LogP contribution >= 0.6 is 11.6 Å². The van der Waals surface area contributed by atoms with Gasteiger partial charge in [-0.15, -0.1) is 0 Å². The first-order chi connectivity index (χ1) is 17.1. The second-order valence-corrected chi connectivity index (χ2v) is 8.05. The number of anilines is 4. The summed E-state index contributed by atoms with van der Waals surface area (Å²) in [5.41, 5.74) is 3.39.